The Hall–Kier alpha value is -8.96. The van der Waals surface area contributed by atoms with Gasteiger partial charge in [-0.05, 0) is 25.3 Å². The molecule has 0 aromatic heterocycles. The van der Waals surface area contributed by atoms with Crippen molar-refractivity contribution in [1.29, 1.82) is 0 Å². The molecule has 0 aromatic rings. The highest BCUT2D eigenvalue weighted by Gasteiger charge is 2.26. The normalized spacial score (nSPS) is 14.8. The second kappa shape index (κ2) is 85.0. The minimum atomic E-state index is -1.08. The molecule has 0 aliphatic carbocycles. The van der Waals surface area contributed by atoms with Crippen molar-refractivity contribution in [3.63, 3.8) is 0 Å². The first-order chi connectivity index (χ1) is 63.9. The highest BCUT2D eigenvalue weighted by molar-refractivity contribution is 5.83. The Balaban J connectivity index is 0.00000144. The molecule has 0 aromatic carbocycles. The van der Waals surface area contributed by atoms with E-state index in [0.29, 0.717) is 223 Å². The van der Waals surface area contributed by atoms with Crippen LogP contribution < -0.4 is 76.1 Å². The molecule has 2 aliphatic rings. The highest BCUT2D eigenvalue weighted by Crippen LogP contribution is 2.06. The molecule has 0 saturated carbocycles. The molecule has 2 saturated heterocycles. The Kier molecular flexibility index (Phi) is 77.9. The summed E-state index contributed by atoms with van der Waals surface area (Å²) in [6.07, 6.45) is 2.69. The van der Waals surface area contributed by atoms with Crippen LogP contribution in [0.15, 0.2) is 9.98 Å². The number of hydrogen-bond acceptors (Lipinski definition) is 40. The van der Waals surface area contributed by atoms with Gasteiger partial charge in [0.2, 0.25) is 59.1 Å². The molecule has 0 radical (unpaired) electrons. The van der Waals surface area contributed by atoms with E-state index in [1.54, 1.807) is 0 Å². The predicted octanol–water partition coefficient (Wildman–Crippen LogP) is -11.0. The van der Waals surface area contributed by atoms with Crippen molar-refractivity contribution in [3.8, 4) is 0 Å². The number of nitrogens with two attached hydrogens (primary N) is 4. The van der Waals surface area contributed by atoms with Crippen LogP contribution in [0.2, 0.25) is 0 Å². The zero-order valence-corrected chi connectivity index (χ0v) is 76.8. The van der Waals surface area contributed by atoms with Crippen LogP contribution in [-0.2, 0) is 115 Å². The maximum absolute atomic E-state index is 13.3. The van der Waals surface area contributed by atoms with Gasteiger partial charge in [-0.3, -0.25) is 107 Å². The van der Waals surface area contributed by atoms with Crippen molar-refractivity contribution in [2.24, 2.45) is 32.9 Å². The number of carbonyl (C=O) groups excluding carboxylic acids is 12. The zero-order valence-electron chi connectivity index (χ0n) is 76.8. The van der Waals surface area contributed by atoms with Crippen LogP contribution in [0.25, 0.3) is 0 Å². The van der Waals surface area contributed by atoms with Gasteiger partial charge in [0.05, 0.1) is 197 Å². The Bertz CT molecular complexity index is 2920. The number of aliphatic imine (C=N–C) groups is 2. The summed E-state index contributed by atoms with van der Waals surface area (Å²) < 4.78 is 43.6. The number of carboxylic acids is 2. The van der Waals surface area contributed by atoms with Crippen LogP contribution in [0.5, 0.6) is 0 Å². The molecule has 2 fully saturated rings. The van der Waals surface area contributed by atoms with E-state index in [0.717, 1.165) is 0 Å². The van der Waals surface area contributed by atoms with Crippen LogP contribution in [-0.4, -0.2) is 523 Å². The summed E-state index contributed by atoms with van der Waals surface area (Å²) in [6.45, 7) is 16.3. The van der Waals surface area contributed by atoms with Gasteiger partial charge in [0.25, 0.3) is 0 Å². The molecule has 2 rings (SSSR count). The Morgan fingerprint density at radius 1 is 0.242 bits per heavy atom. The van der Waals surface area contributed by atoms with Crippen molar-refractivity contribution >= 4 is 95.4 Å². The second-order valence-corrected chi connectivity index (χ2v) is 29.7. The van der Waals surface area contributed by atoms with Gasteiger partial charge < -0.3 is 134 Å². The number of carbonyl (C=O) groups is 14. The lowest BCUT2D eigenvalue weighted by Gasteiger charge is -2.33. The van der Waals surface area contributed by atoms with Gasteiger partial charge in [0, 0.05) is 209 Å². The van der Waals surface area contributed by atoms with E-state index < -0.39 is 35.7 Å². The number of nitrogens with one attached hydrogen (secondary N) is 10. The second-order valence-electron chi connectivity index (χ2n) is 29.7. The molecule has 0 unspecified atom stereocenters. The minimum Gasteiger partial charge on any atom is -0.481 e. The van der Waals surface area contributed by atoms with Crippen LogP contribution in [0.4, 0.5) is 0 Å². The number of ether oxygens (including phenoxy) is 8. The summed E-state index contributed by atoms with van der Waals surface area (Å²) in [5, 5.41) is 62.2. The van der Waals surface area contributed by atoms with Gasteiger partial charge in [-0.25, -0.2) is 9.59 Å². The van der Waals surface area contributed by atoms with Crippen LogP contribution in [0.3, 0.4) is 0 Å². The van der Waals surface area contributed by atoms with Gasteiger partial charge in [-0.1, -0.05) is 0 Å². The molecule has 2 heterocycles. The minimum absolute atomic E-state index is 0.0205. The number of amides is 10. The van der Waals surface area contributed by atoms with E-state index in [2.05, 4.69) is 72.9 Å². The molecule has 0 bridgehead atoms. The first-order valence-corrected chi connectivity index (χ1v) is 44.9. The van der Waals surface area contributed by atoms with E-state index in [1.807, 2.05) is 39.2 Å². The first kappa shape index (κ1) is 121. The van der Waals surface area contributed by atoms with Gasteiger partial charge in [0.15, 0.2) is 0 Å². The van der Waals surface area contributed by atoms with E-state index in [-0.39, 0.29) is 243 Å². The Labute approximate surface area is 772 Å². The third-order valence-electron chi connectivity index (χ3n) is 18.8. The monoisotopic (exact) mass is 1900 g/mol. The van der Waals surface area contributed by atoms with Crippen LogP contribution >= 0.6 is 0 Å². The lowest BCUT2D eigenvalue weighted by molar-refractivity contribution is -0.234. The van der Waals surface area contributed by atoms with Crippen molar-refractivity contribution in [2.75, 3.05) is 368 Å². The summed E-state index contributed by atoms with van der Waals surface area (Å²) in [4.78, 5) is 203. The molecule has 22 N–H and O–H groups in total. The van der Waals surface area contributed by atoms with Crippen molar-refractivity contribution in [1.82, 2.24) is 92.4 Å². The molecule has 760 valence electrons. The highest BCUT2D eigenvalue weighted by atomic mass is 17.1. The van der Waals surface area contributed by atoms with Gasteiger partial charge in [0.1, 0.15) is 0 Å². The largest absolute Gasteiger partial charge is 0.481 e. The molecule has 52 nitrogen and oxygen atoms in total. The lowest BCUT2D eigenvalue weighted by atomic mass is 10.3. The SMILES string of the molecule is NCCOCCNC(=O)CN1CCN(CC(=O)NCCOCCN)CCN(CC(=O)NCCOCCN)CCN(CC(=O)NCCOCCN)CC1.O=C(O)CCC(=O)NCCOCCNC(=O)CN1CCN(CC(=O)NCCOCCN=CCCC(=O)OO)CCN(CC(=O)NCCOCCN=CCCC(=O)OO)CCN(CC(=O)NCCOCCNC(=O)CCC(=O)O)CC1. The molecule has 0 spiro atoms. The number of rotatable bonds is 72. The quantitative estimate of drug-likeness (QED) is 0.0116. The van der Waals surface area contributed by atoms with Crippen molar-refractivity contribution in [3.05, 3.63) is 0 Å². The summed E-state index contributed by atoms with van der Waals surface area (Å²) in [6, 6.07) is 0. The maximum Gasteiger partial charge on any atom is 0.342 e. The summed E-state index contributed by atoms with van der Waals surface area (Å²) in [5.74, 6) is -6.37. The maximum atomic E-state index is 13.3. The van der Waals surface area contributed by atoms with E-state index in [4.69, 9.17) is 81.6 Å². The predicted molar refractivity (Wildman–Crippen MR) is 481 cm³/mol. The number of nitrogens with zero attached hydrogens (tertiary/aromatic N) is 10. The topological polar surface area (TPSA) is 687 Å². The van der Waals surface area contributed by atoms with E-state index in [9.17, 15) is 67.1 Å². The van der Waals surface area contributed by atoms with Gasteiger partial charge in [-0.2, -0.15) is 10.5 Å². The zero-order chi connectivity index (χ0) is 96.9. The molecule has 52 heteroatoms. The average molecular weight is 1900 g/mol. The van der Waals surface area contributed by atoms with Crippen LogP contribution in [0, 0.1) is 0 Å². The smallest absolute Gasteiger partial charge is 0.342 e. The summed E-state index contributed by atoms with van der Waals surface area (Å²) in [7, 11) is 0. The summed E-state index contributed by atoms with van der Waals surface area (Å²) >= 11 is 0. The first-order valence-electron chi connectivity index (χ1n) is 44.9. The molecule has 0 atom stereocenters. The van der Waals surface area contributed by atoms with Crippen molar-refractivity contribution in [2.45, 2.75) is 51.4 Å². The lowest BCUT2D eigenvalue weighted by Crippen LogP contribution is -2.51. The standard InChI is InChI=1S/C48H84N12O20.C32H68N12O8/c61-39(5-7-45(67)68)51-13-29-77-33-17-55-43(65)37-59-23-21-57(35-41(63)53-15-31-75-27-11-49-9-1-3-47(71)79-73)19-20-58(36-42(64)54-16-32-76-28-12-50-10-2-4-48(72)80-74)22-24-60(26-25-59)38-44(66)56-18-34-78-30-14-52-40(62)6-8-46(69)70;33-1-17-49-21-5-37-29(45)25-41-9-11-42(26-30(46)38-6-22-50-18-2-34)13-15-44(28-32(48)40-8-24-52-20-4-36)16-14-43(12-10-41)27-31(47)39-7-23-51-19-3-35/h9-10,73-74H,1-8,11-38H2,(H,51,61)(H,52,62)(H,53,63)(H,54,64)(H,55,65)(H,56,66)(H,67,68)(H,69,70);1-28,33-36H2,(H,37,45)(H,38,46)(H,39,47)(H,40,48). The molecule has 2 aliphatic heterocycles. The number of hydrogen-bond donors (Lipinski definition) is 18. The number of aliphatic carboxylic acids is 2. The van der Waals surface area contributed by atoms with Crippen molar-refractivity contribution < 1.29 is 136 Å². The third kappa shape index (κ3) is 76.5. The van der Waals surface area contributed by atoms with E-state index >= 15 is 0 Å². The van der Waals surface area contributed by atoms with E-state index in [1.165, 1.54) is 12.4 Å². The fourth-order valence-corrected chi connectivity index (χ4v) is 11.9. The fraction of sp³-hybridized carbons (Fsp3) is 0.800. The third-order valence-corrected chi connectivity index (χ3v) is 18.8. The van der Waals surface area contributed by atoms with Gasteiger partial charge in [-0.15, -0.1) is 0 Å². The fourth-order valence-electron chi connectivity index (χ4n) is 11.9. The van der Waals surface area contributed by atoms with Crippen LogP contribution in [0.1, 0.15) is 51.4 Å². The molecular formula is C80H152N24O28. The molecule has 132 heavy (non-hydrogen) atoms. The summed E-state index contributed by atoms with van der Waals surface area (Å²) in [5.41, 5.74) is 21.9. The van der Waals surface area contributed by atoms with Gasteiger partial charge >= 0.3 is 23.9 Å². The number of carboxylic acid groups (broad SMARTS) is 2. The Morgan fingerprint density at radius 3 is 0.576 bits per heavy atom. The molecule has 10 amide bonds. The Morgan fingerprint density at radius 2 is 0.409 bits per heavy atom. The molecular weight excluding hydrogens is 1750 g/mol. The average Bonchev–Trinajstić information content (AvgIpc) is 0.898.